The Labute approximate surface area is 101 Å². The Bertz CT molecular complexity index is 318. The lowest BCUT2D eigenvalue weighted by Gasteiger charge is -2.09. The molecule has 4 heteroatoms. The predicted molar refractivity (Wildman–Crippen MR) is 66.3 cm³/mol. The lowest BCUT2D eigenvalue weighted by atomic mass is 10.2. The van der Waals surface area contributed by atoms with Crippen molar-refractivity contribution in [1.29, 1.82) is 0 Å². The molecular formula is C12H16O3S. The van der Waals surface area contributed by atoms with Gasteiger partial charge in [-0.15, -0.1) is 0 Å². The first-order valence-corrected chi connectivity index (χ1v) is 5.74. The summed E-state index contributed by atoms with van der Waals surface area (Å²) in [7, 11) is 1.40. The quantitative estimate of drug-likeness (QED) is 0.406. The minimum absolute atomic E-state index is 0.169. The molecule has 0 aromatic heterocycles. The fraction of sp³-hybridized carbons (Fsp3) is 0.500. The fourth-order valence-electron chi connectivity index (χ4n) is 1.31. The number of esters is 1. The monoisotopic (exact) mass is 240 g/mol. The lowest BCUT2D eigenvalue weighted by molar-refractivity contribution is -0.140. The molecule has 0 aromatic carbocycles. The van der Waals surface area contributed by atoms with E-state index in [1.807, 2.05) is 18.2 Å². The molecule has 0 spiro atoms. The molecule has 0 saturated heterocycles. The third-order valence-electron chi connectivity index (χ3n) is 2.18. The van der Waals surface area contributed by atoms with Gasteiger partial charge in [-0.25, -0.2) is 0 Å². The molecule has 88 valence electrons. The van der Waals surface area contributed by atoms with Gasteiger partial charge in [0, 0.05) is 17.7 Å². The maximum Gasteiger partial charge on any atom is 0.305 e. The minimum atomic E-state index is -0.169. The zero-order chi connectivity index (χ0) is 11.8. The summed E-state index contributed by atoms with van der Waals surface area (Å²) < 4.78 is 10.0. The minimum Gasteiger partial charge on any atom is -0.494 e. The van der Waals surface area contributed by atoms with E-state index in [1.165, 1.54) is 7.11 Å². The Morgan fingerprint density at radius 3 is 3.00 bits per heavy atom. The first-order valence-electron chi connectivity index (χ1n) is 5.33. The van der Waals surface area contributed by atoms with Crippen LogP contribution in [0.4, 0.5) is 0 Å². The Morgan fingerprint density at radius 2 is 2.31 bits per heavy atom. The standard InChI is InChI=1S/C12H16O3S/c1-14-12(13)7-2-3-8-15-10-5-4-6-11(16)9-10/h4-5,9H,2-3,6-8H2,1H3. The average molecular weight is 240 g/mol. The number of hydrogen-bond acceptors (Lipinski definition) is 4. The summed E-state index contributed by atoms with van der Waals surface area (Å²) in [5.41, 5.74) is 0. The second kappa shape index (κ2) is 7.17. The summed E-state index contributed by atoms with van der Waals surface area (Å²) in [5.74, 6) is 0.646. The van der Waals surface area contributed by atoms with Gasteiger partial charge in [0.05, 0.1) is 13.7 Å². The number of ether oxygens (including phenoxy) is 2. The van der Waals surface area contributed by atoms with Crippen molar-refractivity contribution in [3.05, 3.63) is 24.0 Å². The maximum atomic E-state index is 10.8. The van der Waals surface area contributed by atoms with Gasteiger partial charge in [0.25, 0.3) is 0 Å². The topological polar surface area (TPSA) is 35.5 Å². The van der Waals surface area contributed by atoms with E-state index >= 15 is 0 Å². The number of rotatable bonds is 6. The summed E-state index contributed by atoms with van der Waals surface area (Å²) >= 11 is 5.07. The molecule has 0 aromatic rings. The molecular weight excluding hydrogens is 224 g/mol. The van der Waals surface area contributed by atoms with Crippen LogP contribution in [0, 0.1) is 0 Å². The summed E-state index contributed by atoms with van der Waals surface area (Å²) in [6.07, 6.45) is 8.69. The van der Waals surface area contributed by atoms with Crippen molar-refractivity contribution in [3.63, 3.8) is 0 Å². The van der Waals surface area contributed by atoms with Crippen LogP contribution in [0.2, 0.25) is 0 Å². The fourth-order valence-corrected chi connectivity index (χ4v) is 1.52. The van der Waals surface area contributed by atoms with Crippen molar-refractivity contribution in [2.24, 2.45) is 0 Å². The maximum absolute atomic E-state index is 10.8. The Kier molecular flexibility index (Phi) is 5.78. The molecule has 3 nitrogen and oxygen atoms in total. The van der Waals surface area contributed by atoms with Gasteiger partial charge in [0.2, 0.25) is 0 Å². The lowest BCUT2D eigenvalue weighted by Crippen LogP contribution is -2.02. The van der Waals surface area contributed by atoms with Gasteiger partial charge in [-0.05, 0) is 25.0 Å². The number of thiocarbonyl (C=S) groups is 1. The highest BCUT2D eigenvalue weighted by molar-refractivity contribution is 7.80. The Morgan fingerprint density at radius 1 is 1.50 bits per heavy atom. The van der Waals surface area contributed by atoms with Gasteiger partial charge in [0.15, 0.2) is 0 Å². The molecule has 0 aliphatic heterocycles. The van der Waals surface area contributed by atoms with Crippen molar-refractivity contribution in [1.82, 2.24) is 0 Å². The van der Waals surface area contributed by atoms with E-state index in [9.17, 15) is 4.79 Å². The molecule has 16 heavy (non-hydrogen) atoms. The smallest absolute Gasteiger partial charge is 0.305 e. The zero-order valence-corrected chi connectivity index (χ0v) is 10.2. The SMILES string of the molecule is COC(=O)CCCCOC1=CC(=S)CC=C1. The number of hydrogen-bond donors (Lipinski definition) is 0. The van der Waals surface area contributed by atoms with Crippen LogP contribution in [0.3, 0.4) is 0 Å². The first kappa shape index (κ1) is 12.9. The van der Waals surface area contributed by atoms with Crippen LogP contribution < -0.4 is 0 Å². The van der Waals surface area contributed by atoms with Crippen LogP contribution in [0.25, 0.3) is 0 Å². The number of methoxy groups -OCH3 is 1. The van der Waals surface area contributed by atoms with Gasteiger partial charge in [-0.3, -0.25) is 4.79 Å². The Hall–Kier alpha value is -1.16. The molecule has 0 unspecified atom stereocenters. The highest BCUT2D eigenvalue weighted by atomic mass is 32.1. The van der Waals surface area contributed by atoms with Crippen molar-refractivity contribution in [2.75, 3.05) is 13.7 Å². The second-order valence-electron chi connectivity index (χ2n) is 3.50. The average Bonchev–Trinajstić information content (AvgIpc) is 2.28. The molecule has 0 amide bonds. The van der Waals surface area contributed by atoms with Crippen molar-refractivity contribution in [3.8, 4) is 0 Å². The highest BCUT2D eigenvalue weighted by Gasteiger charge is 2.03. The molecule has 0 heterocycles. The third-order valence-corrected chi connectivity index (χ3v) is 2.46. The van der Waals surface area contributed by atoms with E-state index in [-0.39, 0.29) is 5.97 Å². The van der Waals surface area contributed by atoms with Gasteiger partial charge in [-0.1, -0.05) is 18.3 Å². The molecule has 0 radical (unpaired) electrons. The number of allylic oxidation sites excluding steroid dienone is 3. The van der Waals surface area contributed by atoms with Crippen LogP contribution in [0.1, 0.15) is 25.7 Å². The molecule has 1 rings (SSSR count). The van der Waals surface area contributed by atoms with Crippen LogP contribution in [-0.2, 0) is 14.3 Å². The molecule has 1 aliphatic rings. The summed E-state index contributed by atoms with van der Waals surface area (Å²) in [6.45, 7) is 0.607. The highest BCUT2D eigenvalue weighted by Crippen LogP contribution is 2.10. The van der Waals surface area contributed by atoms with Gasteiger partial charge >= 0.3 is 5.97 Å². The van der Waals surface area contributed by atoms with Crippen LogP contribution in [0.15, 0.2) is 24.0 Å². The van der Waals surface area contributed by atoms with Crippen LogP contribution in [-0.4, -0.2) is 24.6 Å². The van der Waals surface area contributed by atoms with Crippen molar-refractivity contribution in [2.45, 2.75) is 25.7 Å². The summed E-state index contributed by atoms with van der Waals surface area (Å²) in [5, 5.41) is 0. The van der Waals surface area contributed by atoms with E-state index < -0.39 is 0 Å². The van der Waals surface area contributed by atoms with Gasteiger partial charge in [-0.2, -0.15) is 0 Å². The number of unbranched alkanes of at least 4 members (excludes halogenated alkanes) is 1. The van der Waals surface area contributed by atoms with E-state index in [0.29, 0.717) is 13.0 Å². The van der Waals surface area contributed by atoms with E-state index in [0.717, 1.165) is 29.9 Å². The van der Waals surface area contributed by atoms with E-state index in [2.05, 4.69) is 4.74 Å². The van der Waals surface area contributed by atoms with Crippen LogP contribution in [0.5, 0.6) is 0 Å². The normalized spacial score (nSPS) is 14.6. The second-order valence-corrected chi connectivity index (χ2v) is 4.03. The number of carbonyl (C=O) groups excluding carboxylic acids is 1. The molecule has 0 bridgehead atoms. The van der Waals surface area contributed by atoms with Crippen molar-refractivity contribution >= 4 is 23.1 Å². The van der Waals surface area contributed by atoms with E-state index in [4.69, 9.17) is 17.0 Å². The molecule has 0 fully saturated rings. The predicted octanol–water partition coefficient (Wildman–Crippen LogP) is 2.56. The Balaban J connectivity index is 2.09. The van der Waals surface area contributed by atoms with Crippen LogP contribution >= 0.6 is 12.2 Å². The van der Waals surface area contributed by atoms with E-state index in [1.54, 1.807) is 0 Å². The third kappa shape index (κ3) is 5.07. The largest absolute Gasteiger partial charge is 0.494 e. The van der Waals surface area contributed by atoms with Gasteiger partial charge < -0.3 is 9.47 Å². The van der Waals surface area contributed by atoms with Gasteiger partial charge in [0.1, 0.15) is 5.76 Å². The molecule has 0 atom stereocenters. The molecule has 0 saturated carbocycles. The summed E-state index contributed by atoms with van der Waals surface area (Å²) in [4.78, 5) is 11.7. The summed E-state index contributed by atoms with van der Waals surface area (Å²) in [6, 6.07) is 0. The molecule has 0 N–H and O–H groups in total. The zero-order valence-electron chi connectivity index (χ0n) is 9.40. The first-order chi connectivity index (χ1) is 7.72. The number of carbonyl (C=O) groups is 1. The van der Waals surface area contributed by atoms with Crippen molar-refractivity contribution < 1.29 is 14.3 Å². The molecule has 1 aliphatic carbocycles.